The normalized spacial score (nSPS) is 10.5. The summed E-state index contributed by atoms with van der Waals surface area (Å²) < 4.78 is 0.697. The Morgan fingerprint density at radius 1 is 1.19 bits per heavy atom. The summed E-state index contributed by atoms with van der Waals surface area (Å²) in [5.74, 6) is -0.157. The van der Waals surface area contributed by atoms with Gasteiger partial charge in [-0.05, 0) is 12.1 Å². The highest BCUT2D eigenvalue weighted by Crippen LogP contribution is 2.30. The van der Waals surface area contributed by atoms with Gasteiger partial charge in [-0.25, -0.2) is 9.97 Å². The Balaban J connectivity index is 2.19. The molecule has 6 nitrogen and oxygen atoms in total. The monoisotopic (exact) mass is 344 g/mol. The number of hydrogen-bond acceptors (Lipinski definition) is 5. The van der Waals surface area contributed by atoms with Crippen molar-refractivity contribution in [2.45, 2.75) is 0 Å². The number of aromatic hydroxyl groups is 1. The fourth-order valence-electron chi connectivity index (χ4n) is 1.92. The minimum atomic E-state index is -0.442. The maximum atomic E-state index is 12.3. The van der Waals surface area contributed by atoms with Gasteiger partial charge in [-0.1, -0.05) is 34.1 Å². The van der Waals surface area contributed by atoms with Gasteiger partial charge in [0.2, 0.25) is 5.88 Å². The van der Waals surface area contributed by atoms with Crippen LogP contribution in [0.5, 0.6) is 5.88 Å². The van der Waals surface area contributed by atoms with E-state index in [1.807, 2.05) is 6.07 Å². The second-order valence-electron chi connectivity index (χ2n) is 4.19. The van der Waals surface area contributed by atoms with Crippen molar-refractivity contribution in [3.8, 4) is 28.5 Å². The van der Waals surface area contributed by atoms with Gasteiger partial charge in [-0.15, -0.1) is 0 Å². The number of hydrogen-bond donors (Lipinski definition) is 2. The zero-order valence-corrected chi connectivity index (χ0v) is 12.2. The summed E-state index contributed by atoms with van der Waals surface area (Å²) in [5, 5.41) is 10.1. The lowest BCUT2D eigenvalue weighted by Crippen LogP contribution is -2.12. The molecule has 0 saturated carbocycles. The molecule has 0 saturated heterocycles. The molecular weight excluding hydrogens is 336 g/mol. The molecule has 0 bridgehead atoms. The number of nitrogens with zero attached hydrogens (tertiary/aromatic N) is 3. The Labute approximate surface area is 127 Å². The highest BCUT2D eigenvalue weighted by Gasteiger charge is 2.16. The lowest BCUT2D eigenvalue weighted by atomic mass is 10.1. The van der Waals surface area contributed by atoms with Crippen LogP contribution in [-0.4, -0.2) is 25.0 Å². The lowest BCUT2D eigenvalue weighted by Gasteiger charge is -2.07. The molecule has 2 N–H and O–H groups in total. The standard InChI is InChI=1S/C14H9BrN4O2/c15-9-4-2-1-3-8(9)11-13(20)18-12(19-14(11)21)10-5-6-16-7-17-10/h1-7H,(H2,18,19,20,21). The summed E-state index contributed by atoms with van der Waals surface area (Å²) in [6, 6.07) is 8.70. The summed E-state index contributed by atoms with van der Waals surface area (Å²) in [5.41, 5.74) is 0.664. The molecule has 0 amide bonds. The Bertz CT molecular complexity index is 849. The zero-order valence-electron chi connectivity index (χ0n) is 10.6. The average Bonchev–Trinajstić information content (AvgIpc) is 2.49. The predicted molar refractivity (Wildman–Crippen MR) is 80.7 cm³/mol. The molecule has 0 aliphatic carbocycles. The van der Waals surface area contributed by atoms with Gasteiger partial charge < -0.3 is 10.1 Å². The van der Waals surface area contributed by atoms with E-state index in [1.165, 1.54) is 12.5 Å². The van der Waals surface area contributed by atoms with Gasteiger partial charge in [0.1, 0.15) is 17.6 Å². The molecule has 2 heterocycles. The molecule has 0 atom stereocenters. The van der Waals surface area contributed by atoms with Gasteiger partial charge in [0.25, 0.3) is 5.56 Å². The van der Waals surface area contributed by atoms with Crippen molar-refractivity contribution in [1.82, 2.24) is 19.9 Å². The maximum Gasteiger partial charge on any atom is 0.263 e. The first-order chi connectivity index (χ1) is 10.2. The Hall–Kier alpha value is -2.54. The first-order valence-corrected chi connectivity index (χ1v) is 6.80. The van der Waals surface area contributed by atoms with E-state index >= 15 is 0 Å². The minimum absolute atomic E-state index is 0.111. The molecule has 1 aromatic carbocycles. The molecule has 0 aliphatic rings. The summed E-state index contributed by atoms with van der Waals surface area (Å²) in [7, 11) is 0. The molecule has 0 unspecified atom stereocenters. The predicted octanol–water partition coefficient (Wildman–Crippen LogP) is 2.36. The first kappa shape index (κ1) is 13.4. The third-order valence-corrected chi connectivity index (χ3v) is 3.56. The van der Waals surface area contributed by atoms with Crippen LogP contribution in [-0.2, 0) is 0 Å². The van der Waals surface area contributed by atoms with Gasteiger partial charge >= 0.3 is 0 Å². The van der Waals surface area contributed by atoms with E-state index in [2.05, 4.69) is 35.9 Å². The van der Waals surface area contributed by atoms with Crippen LogP contribution in [0.3, 0.4) is 0 Å². The molecule has 3 rings (SSSR count). The molecule has 2 aromatic heterocycles. The van der Waals surface area contributed by atoms with Crippen molar-refractivity contribution in [3.05, 3.63) is 57.7 Å². The maximum absolute atomic E-state index is 12.3. The van der Waals surface area contributed by atoms with E-state index < -0.39 is 5.56 Å². The Morgan fingerprint density at radius 3 is 2.67 bits per heavy atom. The van der Waals surface area contributed by atoms with Crippen LogP contribution in [0.4, 0.5) is 0 Å². The number of nitrogens with one attached hydrogen (secondary N) is 1. The van der Waals surface area contributed by atoms with Crippen molar-refractivity contribution >= 4 is 15.9 Å². The third-order valence-electron chi connectivity index (χ3n) is 2.87. The number of H-pyrrole nitrogens is 1. The molecule has 104 valence electrons. The summed E-state index contributed by atoms with van der Waals surface area (Å²) in [6.45, 7) is 0. The molecule has 0 fully saturated rings. The van der Waals surface area contributed by atoms with Crippen LogP contribution >= 0.6 is 15.9 Å². The lowest BCUT2D eigenvalue weighted by molar-refractivity contribution is 0.454. The van der Waals surface area contributed by atoms with E-state index in [4.69, 9.17) is 0 Å². The highest BCUT2D eigenvalue weighted by atomic mass is 79.9. The third kappa shape index (κ3) is 2.55. The van der Waals surface area contributed by atoms with Gasteiger partial charge in [-0.3, -0.25) is 4.79 Å². The topological polar surface area (TPSA) is 91.8 Å². The van der Waals surface area contributed by atoms with Gasteiger partial charge in [0, 0.05) is 16.2 Å². The number of rotatable bonds is 2. The molecule has 0 spiro atoms. The van der Waals surface area contributed by atoms with E-state index in [0.29, 0.717) is 15.7 Å². The SMILES string of the molecule is O=c1[nH]c(-c2ccncn2)nc(O)c1-c1ccccc1Br. The van der Waals surface area contributed by atoms with Crippen LogP contribution in [0, 0.1) is 0 Å². The van der Waals surface area contributed by atoms with E-state index in [0.717, 1.165) is 0 Å². The van der Waals surface area contributed by atoms with Crippen LogP contribution in [0.2, 0.25) is 0 Å². The van der Waals surface area contributed by atoms with E-state index in [9.17, 15) is 9.90 Å². The van der Waals surface area contributed by atoms with Crippen molar-refractivity contribution < 1.29 is 5.11 Å². The number of benzene rings is 1. The van der Waals surface area contributed by atoms with Crippen molar-refractivity contribution in [1.29, 1.82) is 0 Å². The second kappa shape index (κ2) is 5.45. The highest BCUT2D eigenvalue weighted by molar-refractivity contribution is 9.10. The molecule has 3 aromatic rings. The average molecular weight is 345 g/mol. The Morgan fingerprint density at radius 2 is 2.00 bits per heavy atom. The quantitative estimate of drug-likeness (QED) is 0.744. The van der Waals surface area contributed by atoms with Crippen LogP contribution in [0.15, 0.2) is 52.1 Å². The number of halogens is 1. The molecular formula is C14H9BrN4O2. The molecule has 0 radical (unpaired) electrons. The summed E-state index contributed by atoms with van der Waals surface area (Å²) in [4.78, 5) is 26.7. The summed E-state index contributed by atoms with van der Waals surface area (Å²) in [6.07, 6.45) is 2.87. The van der Waals surface area contributed by atoms with Crippen LogP contribution < -0.4 is 5.56 Å². The van der Waals surface area contributed by atoms with Gasteiger partial charge in [-0.2, -0.15) is 4.98 Å². The van der Waals surface area contributed by atoms with E-state index in [1.54, 1.807) is 24.3 Å². The van der Waals surface area contributed by atoms with Crippen molar-refractivity contribution in [3.63, 3.8) is 0 Å². The summed E-state index contributed by atoms with van der Waals surface area (Å²) >= 11 is 3.35. The zero-order chi connectivity index (χ0) is 14.8. The van der Waals surface area contributed by atoms with Crippen molar-refractivity contribution in [2.24, 2.45) is 0 Å². The molecule has 7 heteroatoms. The van der Waals surface area contributed by atoms with Crippen LogP contribution in [0.1, 0.15) is 0 Å². The Kier molecular flexibility index (Phi) is 3.49. The smallest absolute Gasteiger partial charge is 0.263 e. The fraction of sp³-hybridized carbons (Fsp3) is 0. The second-order valence-corrected chi connectivity index (χ2v) is 5.04. The largest absolute Gasteiger partial charge is 0.493 e. The molecule has 0 aliphatic heterocycles. The van der Waals surface area contributed by atoms with Gasteiger partial charge in [0.15, 0.2) is 5.82 Å². The van der Waals surface area contributed by atoms with Crippen LogP contribution in [0.25, 0.3) is 22.6 Å². The van der Waals surface area contributed by atoms with Crippen molar-refractivity contribution in [2.75, 3.05) is 0 Å². The van der Waals surface area contributed by atoms with E-state index in [-0.39, 0.29) is 17.3 Å². The number of aromatic nitrogens is 4. The fourth-order valence-corrected chi connectivity index (χ4v) is 2.40. The molecule has 21 heavy (non-hydrogen) atoms. The minimum Gasteiger partial charge on any atom is -0.493 e. The first-order valence-electron chi connectivity index (χ1n) is 6.01. The van der Waals surface area contributed by atoms with Gasteiger partial charge in [0.05, 0.1) is 0 Å². The number of aromatic amines is 1.